The average Bonchev–Trinajstić information content (AvgIpc) is 3.10. The number of rotatable bonds is 7. The van der Waals surface area contributed by atoms with E-state index in [4.69, 9.17) is 5.73 Å². The van der Waals surface area contributed by atoms with Gasteiger partial charge >= 0.3 is 0 Å². The second-order valence-corrected chi connectivity index (χ2v) is 7.05. The molecular formula is C17H25N5OS. The van der Waals surface area contributed by atoms with Crippen LogP contribution in [0.15, 0.2) is 17.8 Å². The van der Waals surface area contributed by atoms with E-state index in [2.05, 4.69) is 20.9 Å². The molecule has 0 radical (unpaired) electrons. The second kappa shape index (κ2) is 8.39. The molecule has 1 saturated heterocycles. The fourth-order valence-electron chi connectivity index (χ4n) is 3.13. The van der Waals surface area contributed by atoms with Gasteiger partial charge in [0.25, 0.3) is 0 Å². The Labute approximate surface area is 146 Å². The standard InChI is InChI=1S/C17H25N5OS/c18-7-4-2-1-3-5-15(23)21-8-10-22(11-9-21)16-14-6-12-24-17(14)20-13-19-16/h6,12-13H,1-5,7-11,18H2. The zero-order valence-electron chi connectivity index (χ0n) is 14.0. The maximum atomic E-state index is 12.3. The topological polar surface area (TPSA) is 75.4 Å². The molecule has 1 aliphatic heterocycles. The van der Waals surface area contributed by atoms with Crippen molar-refractivity contribution in [3.8, 4) is 0 Å². The van der Waals surface area contributed by atoms with Crippen LogP contribution in [0.1, 0.15) is 32.1 Å². The maximum absolute atomic E-state index is 12.3. The number of hydrogen-bond donors (Lipinski definition) is 1. The van der Waals surface area contributed by atoms with Crippen LogP contribution in [0.25, 0.3) is 10.2 Å². The van der Waals surface area contributed by atoms with Gasteiger partial charge in [0, 0.05) is 32.6 Å². The van der Waals surface area contributed by atoms with E-state index in [1.165, 1.54) is 0 Å². The summed E-state index contributed by atoms with van der Waals surface area (Å²) in [5.74, 6) is 1.28. The number of unbranched alkanes of at least 4 members (excludes halogenated alkanes) is 3. The number of fused-ring (bicyclic) bond motifs is 1. The number of carbonyl (C=O) groups excluding carboxylic acids is 1. The number of piperazine rings is 1. The highest BCUT2D eigenvalue weighted by Crippen LogP contribution is 2.27. The number of anilines is 1. The molecule has 24 heavy (non-hydrogen) atoms. The third-order valence-electron chi connectivity index (χ3n) is 4.52. The zero-order chi connectivity index (χ0) is 16.8. The van der Waals surface area contributed by atoms with Gasteiger partial charge in [-0.2, -0.15) is 0 Å². The molecule has 0 saturated carbocycles. The summed E-state index contributed by atoms with van der Waals surface area (Å²) in [5, 5.41) is 3.16. The normalized spacial score (nSPS) is 15.2. The molecule has 1 fully saturated rings. The molecule has 0 spiro atoms. The third-order valence-corrected chi connectivity index (χ3v) is 5.34. The van der Waals surface area contributed by atoms with Crippen molar-refractivity contribution in [2.75, 3.05) is 37.6 Å². The van der Waals surface area contributed by atoms with Crippen LogP contribution in [0, 0.1) is 0 Å². The molecule has 2 aromatic heterocycles. The van der Waals surface area contributed by atoms with Gasteiger partial charge < -0.3 is 15.5 Å². The van der Waals surface area contributed by atoms with Crippen LogP contribution in [-0.2, 0) is 4.79 Å². The average molecular weight is 347 g/mol. The predicted molar refractivity (Wildman–Crippen MR) is 98.3 cm³/mol. The van der Waals surface area contributed by atoms with Crippen LogP contribution in [0.5, 0.6) is 0 Å². The van der Waals surface area contributed by atoms with Crippen LogP contribution in [0.2, 0.25) is 0 Å². The van der Waals surface area contributed by atoms with Crippen LogP contribution in [-0.4, -0.2) is 53.5 Å². The van der Waals surface area contributed by atoms with Crippen LogP contribution >= 0.6 is 11.3 Å². The Kier molecular flexibility index (Phi) is 5.98. The first kappa shape index (κ1) is 17.1. The number of hydrogen-bond acceptors (Lipinski definition) is 6. The van der Waals surface area contributed by atoms with E-state index < -0.39 is 0 Å². The maximum Gasteiger partial charge on any atom is 0.222 e. The van der Waals surface area contributed by atoms with Gasteiger partial charge in [0.2, 0.25) is 5.91 Å². The summed E-state index contributed by atoms with van der Waals surface area (Å²) in [6, 6.07) is 2.08. The lowest BCUT2D eigenvalue weighted by atomic mass is 10.1. The van der Waals surface area contributed by atoms with Gasteiger partial charge in [-0.05, 0) is 30.8 Å². The SMILES string of the molecule is NCCCCCCC(=O)N1CCN(c2ncnc3sccc23)CC1. The molecule has 7 heteroatoms. The molecule has 6 nitrogen and oxygen atoms in total. The van der Waals surface area contributed by atoms with E-state index in [1.807, 2.05) is 10.3 Å². The Hall–Kier alpha value is -1.73. The largest absolute Gasteiger partial charge is 0.352 e. The van der Waals surface area contributed by atoms with Crippen molar-refractivity contribution in [1.82, 2.24) is 14.9 Å². The molecule has 0 aromatic carbocycles. The lowest BCUT2D eigenvalue weighted by Gasteiger charge is -2.35. The van der Waals surface area contributed by atoms with E-state index >= 15 is 0 Å². The summed E-state index contributed by atoms with van der Waals surface area (Å²) in [6.45, 7) is 3.96. The van der Waals surface area contributed by atoms with E-state index in [9.17, 15) is 4.79 Å². The number of thiophene rings is 1. The lowest BCUT2D eigenvalue weighted by Crippen LogP contribution is -2.49. The third kappa shape index (κ3) is 4.02. The number of amides is 1. The van der Waals surface area contributed by atoms with Crippen LogP contribution in [0.3, 0.4) is 0 Å². The van der Waals surface area contributed by atoms with Crippen molar-refractivity contribution >= 4 is 33.3 Å². The van der Waals surface area contributed by atoms with Gasteiger partial charge in [0.15, 0.2) is 0 Å². The van der Waals surface area contributed by atoms with Gasteiger partial charge in [-0.15, -0.1) is 11.3 Å². The van der Waals surface area contributed by atoms with E-state index in [-0.39, 0.29) is 5.91 Å². The highest BCUT2D eigenvalue weighted by atomic mass is 32.1. The van der Waals surface area contributed by atoms with E-state index in [1.54, 1.807) is 17.7 Å². The molecule has 3 heterocycles. The molecule has 0 unspecified atom stereocenters. The predicted octanol–water partition coefficient (Wildman–Crippen LogP) is 2.25. The molecule has 0 atom stereocenters. The Morgan fingerprint density at radius 1 is 1.12 bits per heavy atom. The number of aromatic nitrogens is 2. The van der Waals surface area contributed by atoms with Crippen molar-refractivity contribution < 1.29 is 4.79 Å². The second-order valence-electron chi connectivity index (χ2n) is 6.16. The number of nitrogens with zero attached hydrogens (tertiary/aromatic N) is 4. The molecule has 2 aromatic rings. The van der Waals surface area contributed by atoms with Gasteiger partial charge in [-0.1, -0.05) is 12.8 Å². The summed E-state index contributed by atoms with van der Waals surface area (Å²) in [6.07, 6.45) is 6.55. The van der Waals surface area contributed by atoms with Crippen molar-refractivity contribution in [3.05, 3.63) is 17.8 Å². The van der Waals surface area contributed by atoms with Crippen LogP contribution in [0.4, 0.5) is 5.82 Å². The summed E-state index contributed by atoms with van der Waals surface area (Å²) in [4.78, 5) is 26.3. The Morgan fingerprint density at radius 3 is 2.71 bits per heavy atom. The Balaban J connectivity index is 1.49. The Bertz CT molecular complexity index is 666. The lowest BCUT2D eigenvalue weighted by molar-refractivity contribution is -0.131. The van der Waals surface area contributed by atoms with Gasteiger partial charge in [0.1, 0.15) is 17.0 Å². The van der Waals surface area contributed by atoms with Gasteiger partial charge in [0.05, 0.1) is 5.39 Å². The minimum atomic E-state index is 0.283. The summed E-state index contributed by atoms with van der Waals surface area (Å²) >= 11 is 1.64. The molecule has 0 bridgehead atoms. The fourth-order valence-corrected chi connectivity index (χ4v) is 3.86. The molecule has 1 amide bonds. The first-order valence-corrected chi connectivity index (χ1v) is 9.58. The summed E-state index contributed by atoms with van der Waals surface area (Å²) < 4.78 is 0. The van der Waals surface area contributed by atoms with Crippen molar-refractivity contribution in [1.29, 1.82) is 0 Å². The van der Waals surface area contributed by atoms with Crippen molar-refractivity contribution in [3.63, 3.8) is 0 Å². The first-order valence-electron chi connectivity index (χ1n) is 8.70. The van der Waals surface area contributed by atoms with Gasteiger partial charge in [-0.25, -0.2) is 9.97 Å². The highest BCUT2D eigenvalue weighted by molar-refractivity contribution is 7.16. The fraction of sp³-hybridized carbons (Fsp3) is 0.588. The highest BCUT2D eigenvalue weighted by Gasteiger charge is 2.22. The monoisotopic (exact) mass is 347 g/mol. The Morgan fingerprint density at radius 2 is 1.92 bits per heavy atom. The first-order chi connectivity index (χ1) is 11.8. The van der Waals surface area contributed by atoms with Crippen molar-refractivity contribution in [2.45, 2.75) is 32.1 Å². The summed E-state index contributed by atoms with van der Waals surface area (Å²) in [5.41, 5.74) is 5.49. The van der Waals surface area contributed by atoms with E-state index in [0.717, 1.165) is 74.4 Å². The molecule has 130 valence electrons. The van der Waals surface area contributed by atoms with Gasteiger partial charge in [-0.3, -0.25) is 4.79 Å². The molecule has 0 aliphatic carbocycles. The van der Waals surface area contributed by atoms with Crippen LogP contribution < -0.4 is 10.6 Å². The van der Waals surface area contributed by atoms with E-state index in [0.29, 0.717) is 6.42 Å². The number of carbonyl (C=O) groups is 1. The quantitative estimate of drug-likeness (QED) is 0.778. The molecular weight excluding hydrogens is 322 g/mol. The molecule has 1 aliphatic rings. The summed E-state index contributed by atoms with van der Waals surface area (Å²) in [7, 11) is 0. The molecule has 3 rings (SSSR count). The van der Waals surface area contributed by atoms with Crippen molar-refractivity contribution in [2.24, 2.45) is 5.73 Å². The zero-order valence-corrected chi connectivity index (χ0v) is 14.8. The minimum Gasteiger partial charge on any atom is -0.352 e. The molecule has 2 N–H and O–H groups in total. The minimum absolute atomic E-state index is 0.283. The smallest absolute Gasteiger partial charge is 0.222 e. The number of nitrogens with two attached hydrogens (primary N) is 1.